The second-order valence-corrected chi connectivity index (χ2v) is 4.71. The number of amides is 1. The van der Waals surface area contributed by atoms with Crippen LogP contribution in [0.15, 0.2) is 42.7 Å². The van der Waals surface area contributed by atoms with E-state index in [2.05, 4.69) is 20.5 Å². The van der Waals surface area contributed by atoms with Crippen molar-refractivity contribution in [3.63, 3.8) is 0 Å². The van der Waals surface area contributed by atoms with E-state index in [1.165, 1.54) is 0 Å². The minimum atomic E-state index is -0.489. The van der Waals surface area contributed by atoms with Crippen LogP contribution in [-0.4, -0.2) is 33.7 Å². The number of anilines is 1. The highest BCUT2D eigenvalue weighted by molar-refractivity contribution is 6.12. The zero-order valence-electron chi connectivity index (χ0n) is 12.4. The SMILES string of the molecule is CCOC(=O)c1ccccc1NC(=O)c1n[nH]c2ccncc12. The molecule has 0 aliphatic carbocycles. The fourth-order valence-electron chi connectivity index (χ4n) is 2.19. The number of fused-ring (bicyclic) bond motifs is 1. The average molecular weight is 310 g/mol. The predicted octanol–water partition coefficient (Wildman–Crippen LogP) is 2.39. The first kappa shape index (κ1) is 14.7. The van der Waals surface area contributed by atoms with Crippen LogP contribution in [0.3, 0.4) is 0 Å². The van der Waals surface area contributed by atoms with Crippen molar-refractivity contribution < 1.29 is 14.3 Å². The number of carbonyl (C=O) groups is 2. The van der Waals surface area contributed by atoms with Gasteiger partial charge in [-0.05, 0) is 25.1 Å². The van der Waals surface area contributed by atoms with Gasteiger partial charge in [-0.15, -0.1) is 0 Å². The first-order chi connectivity index (χ1) is 11.2. The van der Waals surface area contributed by atoms with Crippen molar-refractivity contribution in [3.05, 3.63) is 54.0 Å². The molecule has 0 radical (unpaired) electrons. The van der Waals surface area contributed by atoms with Crippen LogP contribution >= 0.6 is 0 Å². The number of hydrogen-bond acceptors (Lipinski definition) is 5. The molecule has 0 fully saturated rings. The molecule has 2 aromatic heterocycles. The number of aromatic nitrogens is 3. The summed E-state index contributed by atoms with van der Waals surface area (Å²) in [5.41, 5.74) is 1.59. The number of para-hydroxylation sites is 1. The molecule has 2 N–H and O–H groups in total. The monoisotopic (exact) mass is 310 g/mol. The molecule has 7 heteroatoms. The van der Waals surface area contributed by atoms with E-state index in [1.54, 1.807) is 49.6 Å². The molecule has 0 atom stereocenters. The number of hydrogen-bond donors (Lipinski definition) is 2. The smallest absolute Gasteiger partial charge is 0.340 e. The highest BCUT2D eigenvalue weighted by Crippen LogP contribution is 2.19. The van der Waals surface area contributed by atoms with Gasteiger partial charge < -0.3 is 10.1 Å². The Morgan fingerprint density at radius 1 is 1.26 bits per heavy atom. The summed E-state index contributed by atoms with van der Waals surface area (Å²) >= 11 is 0. The number of pyridine rings is 1. The third-order valence-electron chi connectivity index (χ3n) is 3.25. The Bertz CT molecular complexity index is 872. The van der Waals surface area contributed by atoms with E-state index in [1.807, 2.05) is 0 Å². The Kier molecular flexibility index (Phi) is 4.01. The van der Waals surface area contributed by atoms with Crippen molar-refractivity contribution in [1.29, 1.82) is 0 Å². The Hall–Kier alpha value is -3.22. The molecule has 7 nitrogen and oxygen atoms in total. The van der Waals surface area contributed by atoms with Crippen LogP contribution in [0.1, 0.15) is 27.8 Å². The van der Waals surface area contributed by atoms with E-state index in [9.17, 15) is 9.59 Å². The van der Waals surface area contributed by atoms with Gasteiger partial charge in [-0.1, -0.05) is 12.1 Å². The molecule has 23 heavy (non-hydrogen) atoms. The fraction of sp³-hybridized carbons (Fsp3) is 0.125. The van der Waals surface area contributed by atoms with Crippen molar-refractivity contribution in [2.75, 3.05) is 11.9 Å². The standard InChI is InChI=1S/C16H14N4O3/c1-2-23-16(22)10-5-3-4-6-12(10)18-15(21)14-11-9-17-8-7-13(11)19-20-14/h3-9H,2H2,1H3,(H,18,21)(H,19,20). The van der Waals surface area contributed by atoms with E-state index in [-0.39, 0.29) is 12.3 Å². The summed E-state index contributed by atoms with van der Waals surface area (Å²) in [5, 5.41) is 10.1. The lowest BCUT2D eigenvalue weighted by molar-refractivity contribution is 0.0527. The van der Waals surface area contributed by atoms with E-state index in [4.69, 9.17) is 4.74 Å². The molecule has 0 saturated carbocycles. The van der Waals surface area contributed by atoms with Crippen LogP contribution in [-0.2, 0) is 4.74 Å². The van der Waals surface area contributed by atoms with Crippen LogP contribution in [0.4, 0.5) is 5.69 Å². The molecule has 2 heterocycles. The molecule has 0 spiro atoms. The molecule has 116 valence electrons. The minimum Gasteiger partial charge on any atom is -0.462 e. The lowest BCUT2D eigenvalue weighted by Crippen LogP contribution is -2.16. The normalized spacial score (nSPS) is 10.5. The molecule has 0 unspecified atom stereocenters. The number of nitrogens with one attached hydrogen (secondary N) is 2. The maximum atomic E-state index is 12.4. The zero-order chi connectivity index (χ0) is 16.2. The van der Waals surface area contributed by atoms with Crippen LogP contribution in [0.5, 0.6) is 0 Å². The van der Waals surface area contributed by atoms with Gasteiger partial charge in [0, 0.05) is 12.4 Å². The quantitative estimate of drug-likeness (QED) is 0.721. The van der Waals surface area contributed by atoms with Gasteiger partial charge in [-0.2, -0.15) is 5.10 Å². The molecular formula is C16H14N4O3. The molecule has 3 aromatic rings. The summed E-state index contributed by atoms with van der Waals surface area (Å²) in [6, 6.07) is 8.39. The number of benzene rings is 1. The lowest BCUT2D eigenvalue weighted by Gasteiger charge is -2.09. The van der Waals surface area contributed by atoms with Crippen LogP contribution in [0.2, 0.25) is 0 Å². The molecule has 1 aromatic carbocycles. The van der Waals surface area contributed by atoms with E-state index in [0.29, 0.717) is 22.2 Å². The molecule has 0 aliphatic rings. The van der Waals surface area contributed by atoms with Gasteiger partial charge in [-0.25, -0.2) is 4.79 Å². The summed E-state index contributed by atoms with van der Waals surface area (Å²) in [7, 11) is 0. The Balaban J connectivity index is 1.90. The van der Waals surface area contributed by atoms with Crippen molar-refractivity contribution in [2.45, 2.75) is 6.92 Å². The Morgan fingerprint density at radius 2 is 2.09 bits per heavy atom. The maximum absolute atomic E-state index is 12.4. The summed E-state index contributed by atoms with van der Waals surface area (Å²) in [6.45, 7) is 1.98. The van der Waals surface area contributed by atoms with E-state index >= 15 is 0 Å². The van der Waals surface area contributed by atoms with Gasteiger partial charge in [0.25, 0.3) is 5.91 Å². The van der Waals surface area contributed by atoms with Crippen molar-refractivity contribution in [1.82, 2.24) is 15.2 Å². The number of aromatic amines is 1. The molecule has 3 rings (SSSR count). The van der Waals surface area contributed by atoms with Gasteiger partial charge in [-0.3, -0.25) is 14.9 Å². The number of esters is 1. The number of nitrogens with zero attached hydrogens (tertiary/aromatic N) is 2. The largest absolute Gasteiger partial charge is 0.462 e. The molecule has 1 amide bonds. The summed E-state index contributed by atoms with van der Waals surface area (Å²) in [5.74, 6) is -0.919. The second-order valence-electron chi connectivity index (χ2n) is 4.71. The van der Waals surface area contributed by atoms with Crippen molar-refractivity contribution in [2.24, 2.45) is 0 Å². The number of rotatable bonds is 4. The second kappa shape index (κ2) is 6.27. The summed E-state index contributed by atoms with van der Waals surface area (Å²) < 4.78 is 4.99. The molecule has 0 saturated heterocycles. The van der Waals surface area contributed by atoms with Gasteiger partial charge in [0.2, 0.25) is 0 Å². The summed E-state index contributed by atoms with van der Waals surface area (Å²) in [4.78, 5) is 28.4. The third kappa shape index (κ3) is 2.89. The number of carbonyl (C=O) groups excluding carboxylic acids is 2. The van der Waals surface area contributed by atoms with Crippen molar-refractivity contribution >= 4 is 28.5 Å². The van der Waals surface area contributed by atoms with Gasteiger partial charge >= 0.3 is 5.97 Å². The highest BCUT2D eigenvalue weighted by atomic mass is 16.5. The van der Waals surface area contributed by atoms with Crippen LogP contribution in [0.25, 0.3) is 10.9 Å². The Labute approximate surface area is 131 Å². The predicted molar refractivity (Wildman–Crippen MR) is 84.2 cm³/mol. The fourth-order valence-corrected chi connectivity index (χ4v) is 2.19. The first-order valence-corrected chi connectivity index (χ1v) is 7.06. The van der Waals surface area contributed by atoms with Gasteiger partial charge in [0.1, 0.15) is 0 Å². The molecule has 0 aliphatic heterocycles. The zero-order valence-corrected chi connectivity index (χ0v) is 12.4. The Morgan fingerprint density at radius 3 is 2.91 bits per heavy atom. The number of ether oxygens (including phenoxy) is 1. The summed E-state index contributed by atoms with van der Waals surface area (Å²) in [6.07, 6.45) is 3.17. The highest BCUT2D eigenvalue weighted by Gasteiger charge is 2.18. The van der Waals surface area contributed by atoms with Crippen LogP contribution in [0, 0.1) is 0 Å². The van der Waals surface area contributed by atoms with Crippen molar-refractivity contribution in [3.8, 4) is 0 Å². The first-order valence-electron chi connectivity index (χ1n) is 7.06. The number of H-pyrrole nitrogens is 1. The van der Waals surface area contributed by atoms with Gasteiger partial charge in [0.05, 0.1) is 28.8 Å². The third-order valence-corrected chi connectivity index (χ3v) is 3.25. The van der Waals surface area contributed by atoms with E-state index < -0.39 is 11.9 Å². The van der Waals surface area contributed by atoms with Gasteiger partial charge in [0.15, 0.2) is 5.69 Å². The average Bonchev–Trinajstić information content (AvgIpc) is 2.99. The van der Waals surface area contributed by atoms with E-state index in [0.717, 1.165) is 0 Å². The topological polar surface area (TPSA) is 97.0 Å². The molecule has 0 bridgehead atoms. The molecular weight excluding hydrogens is 296 g/mol. The maximum Gasteiger partial charge on any atom is 0.340 e. The minimum absolute atomic E-state index is 0.215. The van der Waals surface area contributed by atoms with Crippen LogP contribution < -0.4 is 5.32 Å². The lowest BCUT2D eigenvalue weighted by atomic mass is 10.1.